The summed E-state index contributed by atoms with van der Waals surface area (Å²) >= 11 is 0. The predicted molar refractivity (Wildman–Crippen MR) is 63.3 cm³/mol. The minimum Gasteiger partial charge on any atom is -0.343 e. The Hall–Kier alpha value is -0.940. The van der Waals surface area contributed by atoms with E-state index in [1.54, 1.807) is 0 Å². The largest absolute Gasteiger partial charge is 0.343 e. The van der Waals surface area contributed by atoms with Gasteiger partial charge in [0.05, 0.1) is 6.54 Å². The van der Waals surface area contributed by atoms with Gasteiger partial charge in [0.2, 0.25) is 6.39 Å². The van der Waals surface area contributed by atoms with Crippen LogP contribution in [-0.2, 0) is 6.54 Å². The van der Waals surface area contributed by atoms with Crippen molar-refractivity contribution in [3.05, 3.63) is 12.2 Å². The van der Waals surface area contributed by atoms with Crippen LogP contribution < -0.4 is 5.32 Å². The zero-order valence-corrected chi connectivity index (χ0v) is 10.1. The van der Waals surface area contributed by atoms with Crippen LogP contribution in [0.4, 0.5) is 0 Å². The fourth-order valence-corrected chi connectivity index (χ4v) is 2.64. The Morgan fingerprint density at radius 1 is 1.41 bits per heavy atom. The highest BCUT2D eigenvalue weighted by Gasteiger charge is 2.31. The predicted octanol–water partition coefficient (Wildman–Crippen LogP) is 1.03. The Morgan fingerprint density at radius 3 is 3.00 bits per heavy atom. The van der Waals surface area contributed by atoms with Crippen LogP contribution in [0.15, 0.2) is 10.9 Å². The molecule has 94 valence electrons. The standard InChI is InChI=1S/C12H20N4O/c1-2-10(6-13-5-1)7-16(11-3-4-11)8-12-14-9-17-15-12/h9-11,13H,1-8H2. The maximum atomic E-state index is 4.81. The monoisotopic (exact) mass is 236 g/mol. The molecule has 2 fully saturated rings. The van der Waals surface area contributed by atoms with Crippen molar-refractivity contribution in [2.45, 2.75) is 38.3 Å². The molecule has 1 aromatic rings. The summed E-state index contributed by atoms with van der Waals surface area (Å²) < 4.78 is 4.81. The minimum atomic E-state index is 0.760. The van der Waals surface area contributed by atoms with Gasteiger partial charge in [-0.1, -0.05) is 5.16 Å². The summed E-state index contributed by atoms with van der Waals surface area (Å²) in [4.78, 5) is 6.65. The van der Waals surface area contributed by atoms with E-state index in [1.165, 1.54) is 45.2 Å². The Morgan fingerprint density at radius 2 is 2.35 bits per heavy atom. The molecule has 0 bridgehead atoms. The van der Waals surface area contributed by atoms with Gasteiger partial charge in [-0.15, -0.1) is 0 Å². The summed E-state index contributed by atoms with van der Waals surface area (Å²) in [6.07, 6.45) is 6.74. The number of nitrogens with one attached hydrogen (secondary N) is 1. The van der Waals surface area contributed by atoms with Gasteiger partial charge in [-0.25, -0.2) is 0 Å². The van der Waals surface area contributed by atoms with Crippen molar-refractivity contribution < 1.29 is 4.52 Å². The summed E-state index contributed by atoms with van der Waals surface area (Å²) in [5.41, 5.74) is 0. The van der Waals surface area contributed by atoms with Crippen LogP contribution in [0.25, 0.3) is 0 Å². The quantitative estimate of drug-likeness (QED) is 0.827. The molecule has 1 aliphatic carbocycles. The fourth-order valence-electron chi connectivity index (χ4n) is 2.64. The molecule has 0 amide bonds. The van der Waals surface area contributed by atoms with Crippen molar-refractivity contribution in [2.75, 3.05) is 19.6 Å². The molecule has 17 heavy (non-hydrogen) atoms. The number of nitrogens with zero attached hydrogens (tertiary/aromatic N) is 3. The first-order chi connectivity index (χ1) is 8.42. The van der Waals surface area contributed by atoms with Crippen LogP contribution in [0, 0.1) is 5.92 Å². The molecule has 0 spiro atoms. The lowest BCUT2D eigenvalue weighted by molar-refractivity contribution is 0.187. The molecule has 1 atom stereocenters. The molecule has 1 aromatic heterocycles. The van der Waals surface area contributed by atoms with Gasteiger partial charge in [0.15, 0.2) is 5.82 Å². The first-order valence-electron chi connectivity index (χ1n) is 6.62. The van der Waals surface area contributed by atoms with Crippen molar-refractivity contribution in [1.82, 2.24) is 20.4 Å². The lowest BCUT2D eigenvalue weighted by atomic mass is 9.99. The second kappa shape index (κ2) is 5.14. The van der Waals surface area contributed by atoms with Gasteiger partial charge in [-0.2, -0.15) is 4.98 Å². The molecule has 2 heterocycles. The van der Waals surface area contributed by atoms with Crippen LogP contribution in [0.5, 0.6) is 0 Å². The number of hydrogen-bond acceptors (Lipinski definition) is 5. The van der Waals surface area contributed by atoms with E-state index in [4.69, 9.17) is 4.52 Å². The van der Waals surface area contributed by atoms with Gasteiger partial charge in [0.1, 0.15) is 0 Å². The number of rotatable bonds is 5. The average molecular weight is 236 g/mol. The number of aromatic nitrogens is 2. The SMILES string of the molecule is c1nc(CN(CC2CCCNC2)C2CC2)no1. The van der Waals surface area contributed by atoms with Crippen molar-refractivity contribution in [3.63, 3.8) is 0 Å². The smallest absolute Gasteiger partial charge is 0.213 e. The summed E-state index contributed by atoms with van der Waals surface area (Å²) in [6, 6.07) is 0.760. The normalized spacial score (nSPS) is 25.4. The van der Waals surface area contributed by atoms with E-state index in [2.05, 4.69) is 20.4 Å². The highest BCUT2D eigenvalue weighted by molar-refractivity contribution is 4.90. The average Bonchev–Trinajstić information content (AvgIpc) is 3.09. The topological polar surface area (TPSA) is 54.2 Å². The van der Waals surface area contributed by atoms with E-state index < -0.39 is 0 Å². The third-order valence-corrected chi connectivity index (χ3v) is 3.71. The second-order valence-corrected chi connectivity index (χ2v) is 5.22. The molecular weight excluding hydrogens is 216 g/mol. The molecule has 1 saturated carbocycles. The van der Waals surface area contributed by atoms with Gasteiger partial charge < -0.3 is 9.84 Å². The van der Waals surface area contributed by atoms with E-state index in [9.17, 15) is 0 Å². The fraction of sp³-hybridized carbons (Fsp3) is 0.833. The van der Waals surface area contributed by atoms with Gasteiger partial charge in [0, 0.05) is 12.6 Å². The molecule has 1 N–H and O–H groups in total. The Balaban J connectivity index is 1.56. The lowest BCUT2D eigenvalue weighted by Gasteiger charge is -2.29. The Labute approximate surface area is 102 Å². The Kier molecular flexibility index (Phi) is 3.38. The van der Waals surface area contributed by atoms with Crippen LogP contribution in [-0.4, -0.2) is 40.7 Å². The number of hydrogen-bond donors (Lipinski definition) is 1. The third kappa shape index (κ3) is 3.04. The zero-order chi connectivity index (χ0) is 11.5. The van der Waals surface area contributed by atoms with Gasteiger partial charge in [-0.05, 0) is 44.7 Å². The van der Waals surface area contributed by atoms with E-state index >= 15 is 0 Å². The van der Waals surface area contributed by atoms with Crippen LogP contribution in [0.3, 0.4) is 0 Å². The van der Waals surface area contributed by atoms with E-state index in [0.717, 1.165) is 30.9 Å². The van der Waals surface area contributed by atoms with Gasteiger partial charge in [-0.3, -0.25) is 4.90 Å². The molecule has 5 heteroatoms. The first kappa shape index (κ1) is 11.2. The van der Waals surface area contributed by atoms with E-state index in [-0.39, 0.29) is 0 Å². The molecule has 1 unspecified atom stereocenters. The van der Waals surface area contributed by atoms with Crippen molar-refractivity contribution in [2.24, 2.45) is 5.92 Å². The maximum Gasteiger partial charge on any atom is 0.213 e. The molecule has 1 saturated heterocycles. The molecule has 2 aliphatic rings. The second-order valence-electron chi connectivity index (χ2n) is 5.22. The maximum absolute atomic E-state index is 4.81. The van der Waals surface area contributed by atoms with Crippen LogP contribution >= 0.6 is 0 Å². The number of piperidine rings is 1. The first-order valence-corrected chi connectivity index (χ1v) is 6.62. The summed E-state index contributed by atoms with van der Waals surface area (Å²) in [5.74, 6) is 1.61. The van der Waals surface area contributed by atoms with Gasteiger partial charge in [0.25, 0.3) is 0 Å². The van der Waals surface area contributed by atoms with E-state index in [0.29, 0.717) is 0 Å². The third-order valence-electron chi connectivity index (χ3n) is 3.71. The Bertz CT molecular complexity index is 330. The molecule has 3 rings (SSSR count). The molecule has 0 radical (unpaired) electrons. The summed E-state index contributed by atoms with van der Waals surface area (Å²) in [5, 5.41) is 7.40. The van der Waals surface area contributed by atoms with Crippen molar-refractivity contribution in [3.8, 4) is 0 Å². The van der Waals surface area contributed by atoms with Gasteiger partial charge >= 0.3 is 0 Å². The molecule has 0 aromatic carbocycles. The van der Waals surface area contributed by atoms with Crippen molar-refractivity contribution in [1.29, 1.82) is 0 Å². The van der Waals surface area contributed by atoms with Crippen LogP contribution in [0.2, 0.25) is 0 Å². The minimum absolute atomic E-state index is 0.760. The molecule has 5 nitrogen and oxygen atoms in total. The molecule has 1 aliphatic heterocycles. The zero-order valence-electron chi connectivity index (χ0n) is 10.1. The summed E-state index contributed by atoms with van der Waals surface area (Å²) in [6.45, 7) is 4.37. The highest BCUT2D eigenvalue weighted by atomic mass is 16.5. The highest BCUT2D eigenvalue weighted by Crippen LogP contribution is 2.29. The molecular formula is C12H20N4O. The van der Waals surface area contributed by atoms with Crippen LogP contribution in [0.1, 0.15) is 31.5 Å². The van der Waals surface area contributed by atoms with Crippen molar-refractivity contribution >= 4 is 0 Å². The summed E-state index contributed by atoms with van der Waals surface area (Å²) in [7, 11) is 0. The van der Waals surface area contributed by atoms with E-state index in [1.807, 2.05) is 0 Å². The lowest BCUT2D eigenvalue weighted by Crippen LogP contribution is -2.39.